The van der Waals surface area contributed by atoms with Gasteiger partial charge in [-0.3, -0.25) is 0 Å². The number of hydrogen-bond acceptors (Lipinski definition) is 0. The first-order valence-corrected chi connectivity index (χ1v) is 4.46. The van der Waals surface area contributed by atoms with E-state index in [-0.39, 0.29) is 5.41 Å². The number of alkyl halides is 1. The van der Waals surface area contributed by atoms with E-state index in [4.69, 9.17) is 11.6 Å². The molecule has 0 amide bonds. The summed E-state index contributed by atoms with van der Waals surface area (Å²) in [6.45, 7) is 6.03. The Hall–Kier alpha value is 0.0300. The van der Waals surface area contributed by atoms with Crippen LogP contribution in [-0.2, 0) is 0 Å². The van der Waals surface area contributed by atoms with E-state index in [1.54, 1.807) is 0 Å². The highest BCUT2D eigenvalue weighted by Crippen LogP contribution is 2.43. The van der Waals surface area contributed by atoms with Crippen LogP contribution < -0.4 is 0 Å². The maximum absolute atomic E-state index is 5.85. The van der Waals surface area contributed by atoms with Crippen molar-refractivity contribution in [3.63, 3.8) is 0 Å². The van der Waals surface area contributed by atoms with E-state index < -0.39 is 0 Å². The molecular formula is C9H15Cl. The third kappa shape index (κ3) is 1.22. The van der Waals surface area contributed by atoms with Crippen molar-refractivity contribution < 1.29 is 0 Å². The quantitative estimate of drug-likeness (QED) is 0.437. The highest BCUT2D eigenvalue weighted by atomic mass is 35.5. The zero-order valence-corrected chi connectivity index (χ0v) is 7.32. The van der Waals surface area contributed by atoms with Crippen molar-refractivity contribution in [1.29, 1.82) is 0 Å². The van der Waals surface area contributed by atoms with Gasteiger partial charge in [-0.25, -0.2) is 0 Å². The summed E-state index contributed by atoms with van der Waals surface area (Å²) in [6.07, 6.45) is 6.08. The van der Waals surface area contributed by atoms with Gasteiger partial charge in [0.25, 0.3) is 0 Å². The van der Waals surface area contributed by atoms with Crippen LogP contribution in [0.2, 0.25) is 0 Å². The summed E-state index contributed by atoms with van der Waals surface area (Å²) in [6, 6.07) is 0. The van der Waals surface area contributed by atoms with Crippen LogP contribution in [0.3, 0.4) is 0 Å². The Bertz CT molecular complexity index is 127. The van der Waals surface area contributed by atoms with Gasteiger partial charge in [0.05, 0.1) is 0 Å². The molecule has 0 saturated heterocycles. The van der Waals surface area contributed by atoms with E-state index in [9.17, 15) is 0 Å². The molecule has 0 aliphatic heterocycles. The minimum Gasteiger partial charge on any atom is -0.126 e. The topological polar surface area (TPSA) is 0 Å². The van der Waals surface area contributed by atoms with Crippen LogP contribution in [-0.4, -0.2) is 5.88 Å². The molecule has 1 unspecified atom stereocenters. The standard InChI is InChI=1S/C9H15Cl/c1-3-9(2,7-10)8-5-4-6-8/h3,8H,1,4-7H2,2H3. The summed E-state index contributed by atoms with van der Waals surface area (Å²) in [5, 5.41) is 0. The van der Waals surface area contributed by atoms with E-state index in [1.165, 1.54) is 19.3 Å². The molecule has 1 aliphatic carbocycles. The summed E-state index contributed by atoms with van der Waals surface area (Å²) in [7, 11) is 0. The molecule has 1 rings (SSSR count). The van der Waals surface area contributed by atoms with Gasteiger partial charge < -0.3 is 0 Å². The monoisotopic (exact) mass is 158 g/mol. The SMILES string of the molecule is C=CC(C)(CCl)C1CCC1. The molecule has 0 aromatic rings. The third-order valence-electron chi connectivity index (χ3n) is 2.79. The lowest BCUT2D eigenvalue weighted by atomic mass is 9.67. The largest absolute Gasteiger partial charge is 0.126 e. The fraction of sp³-hybridized carbons (Fsp3) is 0.778. The summed E-state index contributed by atoms with van der Waals surface area (Å²) in [5.41, 5.74) is 0.208. The van der Waals surface area contributed by atoms with E-state index >= 15 is 0 Å². The molecule has 0 nitrogen and oxygen atoms in total. The highest BCUT2D eigenvalue weighted by molar-refractivity contribution is 6.18. The van der Waals surface area contributed by atoms with Crippen molar-refractivity contribution in [2.45, 2.75) is 26.2 Å². The zero-order chi connectivity index (χ0) is 7.61. The minimum atomic E-state index is 0.208. The van der Waals surface area contributed by atoms with Crippen LogP contribution in [0.1, 0.15) is 26.2 Å². The smallest absolute Gasteiger partial charge is 0.0314 e. The van der Waals surface area contributed by atoms with Crippen LogP contribution in [0, 0.1) is 11.3 Å². The average molecular weight is 159 g/mol. The van der Waals surface area contributed by atoms with Crippen LogP contribution in [0.5, 0.6) is 0 Å². The van der Waals surface area contributed by atoms with Gasteiger partial charge in [0.2, 0.25) is 0 Å². The Morgan fingerprint density at radius 1 is 1.70 bits per heavy atom. The fourth-order valence-corrected chi connectivity index (χ4v) is 1.73. The van der Waals surface area contributed by atoms with Gasteiger partial charge in [-0.05, 0) is 18.8 Å². The third-order valence-corrected chi connectivity index (χ3v) is 3.37. The Labute approximate surface area is 68.3 Å². The van der Waals surface area contributed by atoms with Crippen molar-refractivity contribution in [2.24, 2.45) is 11.3 Å². The molecule has 1 aliphatic rings. The normalized spacial score (nSPS) is 25.0. The Balaban J connectivity index is 2.52. The molecular weight excluding hydrogens is 144 g/mol. The summed E-state index contributed by atoms with van der Waals surface area (Å²) in [4.78, 5) is 0. The van der Waals surface area contributed by atoms with Crippen molar-refractivity contribution in [1.82, 2.24) is 0 Å². The lowest BCUT2D eigenvalue weighted by molar-refractivity contribution is 0.172. The van der Waals surface area contributed by atoms with Gasteiger partial charge in [0, 0.05) is 11.3 Å². The maximum Gasteiger partial charge on any atom is 0.0314 e. The van der Waals surface area contributed by atoms with E-state index in [1.807, 2.05) is 6.08 Å². The predicted molar refractivity (Wildman–Crippen MR) is 46.4 cm³/mol. The lowest BCUT2D eigenvalue weighted by Crippen LogP contribution is -2.31. The van der Waals surface area contributed by atoms with Gasteiger partial charge in [0.15, 0.2) is 0 Å². The number of rotatable bonds is 3. The molecule has 1 saturated carbocycles. The summed E-state index contributed by atoms with van der Waals surface area (Å²) < 4.78 is 0. The van der Waals surface area contributed by atoms with E-state index in [0.29, 0.717) is 0 Å². The van der Waals surface area contributed by atoms with Crippen molar-refractivity contribution in [3.8, 4) is 0 Å². The Kier molecular flexibility index (Phi) is 2.40. The zero-order valence-electron chi connectivity index (χ0n) is 6.57. The van der Waals surface area contributed by atoms with Gasteiger partial charge in [-0.15, -0.1) is 18.2 Å². The second-order valence-electron chi connectivity index (χ2n) is 3.47. The first kappa shape index (κ1) is 8.13. The van der Waals surface area contributed by atoms with Crippen molar-refractivity contribution in [3.05, 3.63) is 12.7 Å². The molecule has 0 aromatic heterocycles. The molecule has 10 heavy (non-hydrogen) atoms. The molecule has 0 spiro atoms. The number of allylic oxidation sites excluding steroid dienone is 1. The predicted octanol–water partition coefficient (Wildman–Crippen LogP) is 3.22. The van der Waals surface area contributed by atoms with Gasteiger partial charge >= 0.3 is 0 Å². The van der Waals surface area contributed by atoms with Crippen LogP contribution in [0.4, 0.5) is 0 Å². The van der Waals surface area contributed by atoms with Gasteiger partial charge in [-0.2, -0.15) is 0 Å². The molecule has 58 valence electrons. The Morgan fingerprint density at radius 3 is 2.40 bits per heavy atom. The highest BCUT2D eigenvalue weighted by Gasteiger charge is 2.34. The number of halogens is 1. The van der Waals surface area contributed by atoms with Crippen LogP contribution >= 0.6 is 11.6 Å². The molecule has 0 radical (unpaired) electrons. The Morgan fingerprint density at radius 2 is 2.30 bits per heavy atom. The van der Waals surface area contributed by atoms with E-state index in [2.05, 4.69) is 13.5 Å². The molecule has 1 heteroatoms. The molecule has 1 atom stereocenters. The molecule has 0 heterocycles. The maximum atomic E-state index is 5.85. The summed E-state index contributed by atoms with van der Waals surface area (Å²) in [5.74, 6) is 1.53. The van der Waals surface area contributed by atoms with Crippen molar-refractivity contribution in [2.75, 3.05) is 5.88 Å². The fourth-order valence-electron chi connectivity index (χ4n) is 1.40. The first-order chi connectivity index (χ1) is 4.73. The molecule has 0 aromatic carbocycles. The van der Waals surface area contributed by atoms with Gasteiger partial charge in [-0.1, -0.05) is 19.4 Å². The molecule has 0 bridgehead atoms. The molecule has 1 fully saturated rings. The van der Waals surface area contributed by atoms with Gasteiger partial charge in [0.1, 0.15) is 0 Å². The minimum absolute atomic E-state index is 0.208. The summed E-state index contributed by atoms with van der Waals surface area (Å²) >= 11 is 5.85. The van der Waals surface area contributed by atoms with Crippen LogP contribution in [0.25, 0.3) is 0 Å². The lowest BCUT2D eigenvalue weighted by Gasteiger charge is -2.39. The second-order valence-corrected chi connectivity index (χ2v) is 3.74. The molecule has 0 N–H and O–H groups in total. The van der Waals surface area contributed by atoms with E-state index in [0.717, 1.165) is 11.8 Å². The van der Waals surface area contributed by atoms with Crippen molar-refractivity contribution >= 4 is 11.6 Å². The second kappa shape index (κ2) is 2.96. The van der Waals surface area contributed by atoms with Crippen LogP contribution in [0.15, 0.2) is 12.7 Å². The first-order valence-electron chi connectivity index (χ1n) is 3.92. The average Bonchev–Trinajstić information content (AvgIpc) is 1.84. The number of hydrogen-bond donors (Lipinski definition) is 0.